The fourth-order valence-corrected chi connectivity index (χ4v) is 3.25. The van der Waals surface area contributed by atoms with E-state index < -0.39 is 5.91 Å². The molecule has 33 heavy (non-hydrogen) atoms. The topological polar surface area (TPSA) is 89.0 Å². The van der Waals surface area contributed by atoms with Crippen molar-refractivity contribution in [3.05, 3.63) is 86.9 Å². The van der Waals surface area contributed by atoms with Gasteiger partial charge in [0.05, 0.1) is 28.4 Å². The van der Waals surface area contributed by atoms with Crippen molar-refractivity contribution in [3.8, 4) is 11.5 Å². The summed E-state index contributed by atoms with van der Waals surface area (Å²) in [4.78, 5) is 24.3. The number of hydrazone groups is 1. The number of nitrogens with zero attached hydrogens (tertiary/aromatic N) is 1. The minimum absolute atomic E-state index is 0.189. The molecule has 0 atom stereocenters. The summed E-state index contributed by atoms with van der Waals surface area (Å²) in [6.45, 7) is -0.323. The van der Waals surface area contributed by atoms with E-state index >= 15 is 0 Å². The van der Waals surface area contributed by atoms with Crippen LogP contribution < -0.4 is 20.2 Å². The van der Waals surface area contributed by atoms with Crippen LogP contribution in [0.15, 0.2) is 65.8 Å². The van der Waals surface area contributed by atoms with E-state index in [2.05, 4.69) is 15.8 Å². The number of hydrogen-bond donors (Lipinski definition) is 2. The Kier molecular flexibility index (Phi) is 8.54. The van der Waals surface area contributed by atoms with Gasteiger partial charge in [-0.2, -0.15) is 5.10 Å². The predicted molar refractivity (Wildman–Crippen MR) is 130 cm³/mol. The highest BCUT2D eigenvalue weighted by atomic mass is 35.5. The maximum atomic E-state index is 12.2. The van der Waals surface area contributed by atoms with Gasteiger partial charge in [-0.1, -0.05) is 53.0 Å². The first-order valence-corrected chi connectivity index (χ1v) is 10.6. The lowest BCUT2D eigenvalue weighted by Crippen LogP contribution is -2.20. The zero-order chi connectivity index (χ0) is 23.8. The largest absolute Gasteiger partial charge is 0.493 e. The highest BCUT2D eigenvalue weighted by Gasteiger charge is 2.14. The zero-order valence-electron chi connectivity index (χ0n) is 17.3. The maximum absolute atomic E-state index is 12.2. The van der Waals surface area contributed by atoms with Gasteiger partial charge in [0.1, 0.15) is 0 Å². The summed E-state index contributed by atoms with van der Waals surface area (Å²) < 4.78 is 10.9. The Morgan fingerprint density at radius 2 is 1.73 bits per heavy atom. The highest BCUT2D eigenvalue weighted by Crippen LogP contribution is 2.36. The van der Waals surface area contributed by atoms with Crippen LogP contribution in [-0.2, 0) is 4.79 Å². The van der Waals surface area contributed by atoms with Crippen molar-refractivity contribution in [2.75, 3.05) is 19.0 Å². The molecule has 0 saturated carbocycles. The number of methoxy groups -OCH3 is 1. The summed E-state index contributed by atoms with van der Waals surface area (Å²) in [5, 5.41) is 7.48. The fraction of sp³-hybridized carbons (Fsp3) is 0.0870. The molecule has 0 aliphatic rings. The quantitative estimate of drug-likeness (QED) is 0.315. The molecular formula is C23H18Cl3N3O4. The molecule has 0 bridgehead atoms. The molecule has 2 N–H and O–H groups in total. The van der Waals surface area contributed by atoms with Crippen LogP contribution in [0.5, 0.6) is 11.5 Å². The smallest absolute Gasteiger partial charge is 0.271 e. The van der Waals surface area contributed by atoms with Gasteiger partial charge in [-0.25, -0.2) is 5.43 Å². The lowest BCUT2D eigenvalue weighted by Gasteiger charge is -2.13. The molecule has 7 nitrogen and oxygen atoms in total. The average molecular weight is 507 g/mol. The number of nitrogens with one attached hydrogen (secondary N) is 2. The first-order valence-electron chi connectivity index (χ1n) is 9.51. The Morgan fingerprint density at radius 1 is 0.970 bits per heavy atom. The first-order chi connectivity index (χ1) is 15.9. The molecular weight excluding hydrogens is 489 g/mol. The number of ether oxygens (including phenoxy) is 2. The summed E-state index contributed by atoms with van der Waals surface area (Å²) in [5.41, 5.74) is 3.94. The van der Waals surface area contributed by atoms with Crippen LogP contribution in [0.4, 0.5) is 5.69 Å². The molecule has 10 heteroatoms. The highest BCUT2D eigenvalue weighted by molar-refractivity contribution is 6.42. The van der Waals surface area contributed by atoms with Crippen molar-refractivity contribution in [1.82, 2.24) is 5.43 Å². The summed E-state index contributed by atoms with van der Waals surface area (Å²) in [6.07, 6.45) is 1.41. The second kappa shape index (κ2) is 11.6. The van der Waals surface area contributed by atoms with E-state index in [4.69, 9.17) is 44.3 Å². The maximum Gasteiger partial charge on any atom is 0.271 e. The molecule has 0 spiro atoms. The molecule has 3 aromatic carbocycles. The Balaban J connectivity index is 1.63. The molecule has 0 aromatic heterocycles. The van der Waals surface area contributed by atoms with Gasteiger partial charge in [0.25, 0.3) is 11.8 Å². The zero-order valence-corrected chi connectivity index (χ0v) is 19.5. The molecule has 0 fully saturated rings. The number of anilines is 1. The van der Waals surface area contributed by atoms with Crippen LogP contribution in [0.25, 0.3) is 0 Å². The van der Waals surface area contributed by atoms with E-state index in [1.165, 1.54) is 19.4 Å². The van der Waals surface area contributed by atoms with Crippen molar-refractivity contribution in [2.24, 2.45) is 5.10 Å². The van der Waals surface area contributed by atoms with Crippen LogP contribution >= 0.6 is 34.8 Å². The van der Waals surface area contributed by atoms with Gasteiger partial charge < -0.3 is 14.8 Å². The molecule has 0 radical (unpaired) electrons. The molecule has 2 amide bonds. The van der Waals surface area contributed by atoms with Crippen molar-refractivity contribution < 1.29 is 19.1 Å². The van der Waals surface area contributed by atoms with Crippen LogP contribution in [-0.4, -0.2) is 31.7 Å². The van der Waals surface area contributed by atoms with E-state index in [0.717, 1.165) is 0 Å². The van der Waals surface area contributed by atoms with Crippen molar-refractivity contribution >= 4 is 58.5 Å². The molecule has 0 aliphatic heterocycles. The standard InChI is InChI=1S/C23H18Cl3N3O4/c1-32-20-10-14(12-27-29-23(31)15-5-3-2-4-6-15)9-19(26)22(20)33-13-21(30)28-16-7-8-17(24)18(25)11-16/h2-12H,13H2,1H3,(H,28,30)(H,29,31)/b27-12+. The van der Waals surface area contributed by atoms with Crippen molar-refractivity contribution in [2.45, 2.75) is 0 Å². The van der Waals surface area contributed by atoms with Crippen LogP contribution in [0.3, 0.4) is 0 Å². The number of rotatable bonds is 8. The van der Waals surface area contributed by atoms with Gasteiger partial charge in [-0.3, -0.25) is 9.59 Å². The van der Waals surface area contributed by atoms with Crippen LogP contribution in [0.2, 0.25) is 15.1 Å². The van der Waals surface area contributed by atoms with Crippen LogP contribution in [0.1, 0.15) is 15.9 Å². The van der Waals surface area contributed by atoms with Gasteiger partial charge in [-0.05, 0) is 48.0 Å². The van der Waals surface area contributed by atoms with Gasteiger partial charge in [-0.15, -0.1) is 0 Å². The average Bonchev–Trinajstić information content (AvgIpc) is 2.81. The normalized spacial score (nSPS) is 10.7. The fourth-order valence-electron chi connectivity index (χ4n) is 2.68. The summed E-state index contributed by atoms with van der Waals surface area (Å²) in [6, 6.07) is 16.6. The third kappa shape index (κ3) is 6.86. The second-order valence-corrected chi connectivity index (χ2v) is 7.79. The summed E-state index contributed by atoms with van der Waals surface area (Å²) in [5.74, 6) is -0.298. The lowest BCUT2D eigenvalue weighted by atomic mass is 10.2. The molecule has 0 saturated heterocycles. The van der Waals surface area contributed by atoms with Gasteiger partial charge in [0.2, 0.25) is 0 Å². The van der Waals surface area contributed by atoms with E-state index in [-0.39, 0.29) is 23.3 Å². The molecule has 170 valence electrons. The molecule has 3 aromatic rings. The van der Waals surface area contributed by atoms with E-state index in [9.17, 15) is 9.59 Å². The first kappa shape index (κ1) is 24.4. The number of benzene rings is 3. The van der Waals surface area contributed by atoms with Gasteiger partial charge in [0, 0.05) is 11.3 Å². The third-order valence-corrected chi connectivity index (χ3v) is 5.24. The second-order valence-electron chi connectivity index (χ2n) is 6.57. The van der Waals surface area contributed by atoms with Crippen molar-refractivity contribution in [1.29, 1.82) is 0 Å². The number of carbonyl (C=O) groups is 2. The molecule has 0 aliphatic carbocycles. The Morgan fingerprint density at radius 3 is 2.42 bits per heavy atom. The minimum Gasteiger partial charge on any atom is -0.493 e. The van der Waals surface area contributed by atoms with E-state index in [1.807, 2.05) is 6.07 Å². The lowest BCUT2D eigenvalue weighted by molar-refractivity contribution is -0.118. The van der Waals surface area contributed by atoms with Gasteiger partial charge in [0.15, 0.2) is 18.1 Å². The number of amides is 2. The molecule has 0 heterocycles. The van der Waals surface area contributed by atoms with Crippen molar-refractivity contribution in [3.63, 3.8) is 0 Å². The monoisotopic (exact) mass is 505 g/mol. The molecule has 0 unspecified atom stereocenters. The Labute approximate surface area is 205 Å². The number of hydrogen-bond acceptors (Lipinski definition) is 5. The third-order valence-electron chi connectivity index (χ3n) is 4.22. The van der Waals surface area contributed by atoms with Crippen LogP contribution in [0, 0.1) is 0 Å². The summed E-state index contributed by atoms with van der Waals surface area (Å²) >= 11 is 18.1. The SMILES string of the molecule is COc1cc(/C=N/NC(=O)c2ccccc2)cc(Cl)c1OCC(=O)Nc1ccc(Cl)c(Cl)c1. The molecule has 3 rings (SSSR count). The minimum atomic E-state index is -0.430. The predicted octanol–water partition coefficient (Wildman–Crippen LogP) is 5.44. The summed E-state index contributed by atoms with van der Waals surface area (Å²) in [7, 11) is 1.44. The number of halogens is 3. The van der Waals surface area contributed by atoms with Gasteiger partial charge >= 0.3 is 0 Å². The van der Waals surface area contributed by atoms with E-state index in [0.29, 0.717) is 32.6 Å². The van der Waals surface area contributed by atoms with E-state index in [1.54, 1.807) is 48.5 Å². The Hall–Kier alpha value is -3.26. The number of carbonyl (C=O) groups excluding carboxylic acids is 2. The Bertz CT molecular complexity index is 1190.